The van der Waals surface area contributed by atoms with Gasteiger partial charge in [0.1, 0.15) is 0 Å². The quantitative estimate of drug-likeness (QED) is 0.650. The summed E-state index contributed by atoms with van der Waals surface area (Å²) in [5, 5.41) is 11.8. The maximum Gasteiger partial charge on any atom is 0.206 e. The van der Waals surface area contributed by atoms with Gasteiger partial charge in [0, 0.05) is 6.54 Å². The Morgan fingerprint density at radius 3 is 2.94 bits per heavy atom. The van der Waals surface area contributed by atoms with Crippen molar-refractivity contribution in [2.24, 2.45) is 0 Å². The number of aromatic nitrogens is 2. The maximum absolute atomic E-state index is 11.8. The first-order valence-corrected chi connectivity index (χ1v) is 8.17. The number of nitrogens with zero attached hydrogens (tertiary/aromatic N) is 2. The second kappa shape index (κ2) is 6.51. The second-order valence-electron chi connectivity index (χ2n) is 3.22. The summed E-state index contributed by atoms with van der Waals surface area (Å²) >= 11 is 9.95. The van der Waals surface area contributed by atoms with E-state index >= 15 is 0 Å². The SMILES string of the molecule is CCNc1nnc(SCC(=O)c2ccc(Cl)s2)s1. The average molecular weight is 320 g/mol. The Balaban J connectivity index is 1.88. The standard InChI is InChI=1S/C10H10ClN3OS3/c1-2-12-9-13-14-10(18-9)16-5-6(15)7-3-4-8(11)17-7/h3-4H,2,5H2,1H3,(H,12,13). The number of halogens is 1. The van der Waals surface area contributed by atoms with E-state index in [4.69, 9.17) is 11.6 Å². The van der Waals surface area contributed by atoms with E-state index in [1.165, 1.54) is 34.4 Å². The maximum atomic E-state index is 11.8. The van der Waals surface area contributed by atoms with Crippen LogP contribution in [0, 0.1) is 0 Å². The number of carbonyl (C=O) groups is 1. The fourth-order valence-corrected chi connectivity index (χ4v) is 3.93. The van der Waals surface area contributed by atoms with E-state index in [0.717, 1.165) is 16.0 Å². The predicted molar refractivity (Wildman–Crippen MR) is 78.5 cm³/mol. The third-order valence-corrected chi connectivity index (χ3v) is 5.20. The summed E-state index contributed by atoms with van der Waals surface area (Å²) in [6, 6.07) is 3.48. The molecule has 8 heteroatoms. The van der Waals surface area contributed by atoms with Gasteiger partial charge < -0.3 is 5.32 Å². The second-order valence-corrected chi connectivity index (χ2v) is 7.13. The highest BCUT2D eigenvalue weighted by molar-refractivity contribution is 8.01. The van der Waals surface area contributed by atoms with E-state index in [-0.39, 0.29) is 5.78 Å². The fourth-order valence-electron chi connectivity index (χ4n) is 1.15. The summed E-state index contributed by atoms with van der Waals surface area (Å²) in [5.74, 6) is 0.425. The van der Waals surface area contributed by atoms with Crippen molar-refractivity contribution in [3.63, 3.8) is 0 Å². The predicted octanol–water partition coefficient (Wildman–Crippen LogP) is 3.66. The van der Waals surface area contributed by atoms with Crippen molar-refractivity contribution in [1.82, 2.24) is 10.2 Å². The first kappa shape index (κ1) is 13.8. The van der Waals surface area contributed by atoms with Gasteiger partial charge in [0.15, 0.2) is 10.1 Å². The molecule has 4 nitrogen and oxygen atoms in total. The Morgan fingerprint density at radius 2 is 2.28 bits per heavy atom. The van der Waals surface area contributed by atoms with Crippen molar-refractivity contribution < 1.29 is 4.79 Å². The Hall–Kier alpha value is -0.630. The van der Waals surface area contributed by atoms with Crippen LogP contribution in [0.25, 0.3) is 0 Å². The monoisotopic (exact) mass is 319 g/mol. The molecule has 0 saturated carbocycles. The molecule has 2 aromatic heterocycles. The molecule has 1 N–H and O–H groups in total. The van der Waals surface area contributed by atoms with Crippen molar-refractivity contribution in [1.29, 1.82) is 0 Å². The number of rotatable bonds is 6. The van der Waals surface area contributed by atoms with Crippen LogP contribution >= 0.6 is 46.0 Å². The zero-order chi connectivity index (χ0) is 13.0. The third-order valence-electron chi connectivity index (χ3n) is 1.91. The molecule has 0 aliphatic carbocycles. The third kappa shape index (κ3) is 3.68. The Bertz CT molecular complexity index is 540. The first-order chi connectivity index (χ1) is 8.69. The molecule has 0 amide bonds. The number of Topliss-reactive ketones (excluding diaryl/α,β-unsaturated/α-hetero) is 1. The Morgan fingerprint density at radius 1 is 1.44 bits per heavy atom. The normalized spacial score (nSPS) is 10.6. The highest BCUT2D eigenvalue weighted by Gasteiger charge is 2.11. The number of thioether (sulfide) groups is 1. The van der Waals surface area contributed by atoms with Gasteiger partial charge in [0.25, 0.3) is 0 Å². The minimum absolute atomic E-state index is 0.0668. The first-order valence-electron chi connectivity index (χ1n) is 5.17. The van der Waals surface area contributed by atoms with E-state index < -0.39 is 0 Å². The Kier molecular flexibility index (Phi) is 4.99. The molecule has 0 aliphatic heterocycles. The van der Waals surface area contributed by atoms with Gasteiger partial charge >= 0.3 is 0 Å². The van der Waals surface area contributed by atoms with Crippen molar-refractivity contribution in [3.8, 4) is 0 Å². The van der Waals surface area contributed by atoms with Gasteiger partial charge in [-0.15, -0.1) is 21.5 Å². The van der Waals surface area contributed by atoms with Crippen LogP contribution in [-0.2, 0) is 0 Å². The molecule has 18 heavy (non-hydrogen) atoms. The molecule has 0 bridgehead atoms. The number of nitrogens with one attached hydrogen (secondary N) is 1. The van der Waals surface area contributed by atoms with Gasteiger partial charge in [-0.25, -0.2) is 0 Å². The van der Waals surface area contributed by atoms with E-state index in [1.807, 2.05) is 6.92 Å². The zero-order valence-corrected chi connectivity index (χ0v) is 12.7. The van der Waals surface area contributed by atoms with Crippen LogP contribution in [0.1, 0.15) is 16.6 Å². The number of thiophene rings is 1. The summed E-state index contributed by atoms with van der Waals surface area (Å²) in [6.45, 7) is 2.81. The van der Waals surface area contributed by atoms with Crippen LogP contribution in [0.3, 0.4) is 0 Å². The topological polar surface area (TPSA) is 54.9 Å². The van der Waals surface area contributed by atoms with Gasteiger partial charge in [-0.05, 0) is 19.1 Å². The van der Waals surface area contributed by atoms with Crippen molar-refractivity contribution >= 4 is 57.0 Å². The molecule has 2 heterocycles. The smallest absolute Gasteiger partial charge is 0.206 e. The van der Waals surface area contributed by atoms with E-state index in [2.05, 4.69) is 15.5 Å². The van der Waals surface area contributed by atoms with Crippen molar-refractivity contribution in [2.45, 2.75) is 11.3 Å². The average Bonchev–Trinajstić information content (AvgIpc) is 2.96. The molecule has 0 unspecified atom stereocenters. The van der Waals surface area contributed by atoms with Crippen LogP contribution in [0.4, 0.5) is 5.13 Å². The highest BCUT2D eigenvalue weighted by Crippen LogP contribution is 2.28. The van der Waals surface area contributed by atoms with Crippen molar-refractivity contribution in [2.75, 3.05) is 17.6 Å². The van der Waals surface area contributed by atoms with Gasteiger partial charge in [0.05, 0.1) is 15.0 Å². The van der Waals surface area contributed by atoms with Gasteiger partial charge in [-0.3, -0.25) is 4.79 Å². The molecule has 0 aromatic carbocycles. The van der Waals surface area contributed by atoms with Gasteiger partial charge in [0.2, 0.25) is 5.13 Å². The lowest BCUT2D eigenvalue weighted by atomic mass is 10.4. The summed E-state index contributed by atoms with van der Waals surface area (Å²) < 4.78 is 1.43. The molecule has 0 radical (unpaired) electrons. The minimum atomic E-state index is 0.0668. The molecular formula is C10H10ClN3OS3. The fraction of sp³-hybridized carbons (Fsp3) is 0.300. The van der Waals surface area contributed by atoms with Crippen molar-refractivity contribution in [3.05, 3.63) is 21.3 Å². The van der Waals surface area contributed by atoms with Gasteiger partial charge in [-0.1, -0.05) is 34.7 Å². The number of ketones is 1. The van der Waals surface area contributed by atoms with E-state index in [0.29, 0.717) is 15.0 Å². The number of carbonyl (C=O) groups excluding carboxylic acids is 1. The van der Waals surface area contributed by atoms with Crippen LogP contribution in [0.5, 0.6) is 0 Å². The van der Waals surface area contributed by atoms with Gasteiger partial charge in [-0.2, -0.15) is 0 Å². The molecule has 2 aromatic rings. The molecule has 2 rings (SSSR count). The van der Waals surface area contributed by atoms with Crippen LogP contribution in [0.15, 0.2) is 16.5 Å². The molecule has 96 valence electrons. The molecule has 0 spiro atoms. The van der Waals surface area contributed by atoms with E-state index in [9.17, 15) is 4.79 Å². The Labute approximate surface area is 122 Å². The lowest BCUT2D eigenvalue weighted by molar-refractivity contribution is 0.102. The lowest BCUT2D eigenvalue weighted by Gasteiger charge is -1.94. The number of anilines is 1. The largest absolute Gasteiger partial charge is 0.360 e. The molecule has 0 saturated heterocycles. The zero-order valence-electron chi connectivity index (χ0n) is 9.47. The van der Waals surface area contributed by atoms with E-state index in [1.54, 1.807) is 12.1 Å². The van der Waals surface area contributed by atoms with Crippen LogP contribution < -0.4 is 5.32 Å². The lowest BCUT2D eigenvalue weighted by Crippen LogP contribution is -1.98. The molecule has 0 aliphatic rings. The minimum Gasteiger partial charge on any atom is -0.360 e. The summed E-state index contributed by atoms with van der Waals surface area (Å²) in [6.07, 6.45) is 0. The number of hydrogen-bond acceptors (Lipinski definition) is 7. The van der Waals surface area contributed by atoms with Crippen LogP contribution in [0.2, 0.25) is 4.34 Å². The molecule has 0 atom stereocenters. The summed E-state index contributed by atoms with van der Waals surface area (Å²) in [7, 11) is 0. The summed E-state index contributed by atoms with van der Waals surface area (Å²) in [4.78, 5) is 12.5. The highest BCUT2D eigenvalue weighted by atomic mass is 35.5. The molecular weight excluding hydrogens is 310 g/mol. The molecule has 0 fully saturated rings. The summed E-state index contributed by atoms with van der Waals surface area (Å²) in [5.41, 5.74) is 0. The van der Waals surface area contributed by atoms with Crippen LogP contribution in [-0.4, -0.2) is 28.3 Å². The number of hydrogen-bond donors (Lipinski definition) is 1.